The van der Waals surface area contributed by atoms with Crippen LogP contribution in [0.5, 0.6) is 0 Å². The Balaban J connectivity index is 1.70. The van der Waals surface area contributed by atoms with Crippen molar-refractivity contribution >= 4 is 0 Å². The van der Waals surface area contributed by atoms with Gasteiger partial charge in [-0.2, -0.15) is 0 Å². The molecular formula is C24H38O. The normalized spacial score (nSPS) is 50.3. The van der Waals surface area contributed by atoms with Crippen LogP contribution in [-0.4, -0.2) is 11.2 Å². The third-order valence-electron chi connectivity index (χ3n) is 9.44. The van der Waals surface area contributed by atoms with E-state index >= 15 is 0 Å². The summed E-state index contributed by atoms with van der Waals surface area (Å²) in [4.78, 5) is 0. The first-order valence-corrected chi connectivity index (χ1v) is 10.8. The average Bonchev–Trinajstić information content (AvgIpc) is 2.93. The molecule has 1 nitrogen and oxygen atoms in total. The summed E-state index contributed by atoms with van der Waals surface area (Å²) in [5, 5.41) is 10.3. The van der Waals surface area contributed by atoms with E-state index in [0.29, 0.717) is 10.8 Å². The molecule has 3 saturated carbocycles. The highest BCUT2D eigenvalue weighted by Gasteiger charge is 2.59. The molecule has 0 bridgehead atoms. The van der Waals surface area contributed by atoms with Crippen LogP contribution in [0.3, 0.4) is 0 Å². The molecule has 0 spiro atoms. The summed E-state index contributed by atoms with van der Waals surface area (Å²) in [6.45, 7) is 12.2. The number of rotatable bonds is 1. The number of aliphatic hydroxyl groups is 1. The Labute approximate surface area is 155 Å². The van der Waals surface area contributed by atoms with E-state index in [-0.39, 0.29) is 6.10 Å². The molecule has 0 aliphatic heterocycles. The van der Waals surface area contributed by atoms with Gasteiger partial charge in [-0.1, -0.05) is 36.6 Å². The van der Waals surface area contributed by atoms with E-state index in [1.807, 2.05) is 0 Å². The van der Waals surface area contributed by atoms with Gasteiger partial charge in [0.2, 0.25) is 0 Å². The zero-order chi connectivity index (χ0) is 18.0. The van der Waals surface area contributed by atoms with Crippen molar-refractivity contribution in [3.63, 3.8) is 0 Å². The molecule has 7 unspecified atom stereocenters. The summed E-state index contributed by atoms with van der Waals surface area (Å²) in [5.41, 5.74) is 5.83. The molecule has 25 heavy (non-hydrogen) atoms. The van der Waals surface area contributed by atoms with E-state index in [1.54, 1.807) is 16.7 Å². The Bertz CT molecular complexity index is 614. The van der Waals surface area contributed by atoms with Crippen LogP contribution in [0.2, 0.25) is 0 Å². The fourth-order valence-electron chi connectivity index (χ4n) is 8.05. The summed E-state index contributed by atoms with van der Waals surface area (Å²) in [7, 11) is 0. The van der Waals surface area contributed by atoms with Crippen molar-refractivity contribution in [1.82, 2.24) is 0 Å². The first-order chi connectivity index (χ1) is 11.8. The molecule has 0 aromatic carbocycles. The van der Waals surface area contributed by atoms with Gasteiger partial charge in [0.05, 0.1) is 6.10 Å². The second kappa shape index (κ2) is 5.98. The van der Waals surface area contributed by atoms with Crippen molar-refractivity contribution in [2.24, 2.45) is 34.5 Å². The van der Waals surface area contributed by atoms with Gasteiger partial charge in [0.25, 0.3) is 0 Å². The minimum Gasteiger partial charge on any atom is -0.393 e. The first kappa shape index (κ1) is 17.8. The molecular weight excluding hydrogens is 304 g/mol. The third-order valence-corrected chi connectivity index (χ3v) is 9.44. The average molecular weight is 343 g/mol. The molecule has 1 heteroatoms. The molecule has 7 atom stereocenters. The van der Waals surface area contributed by atoms with Gasteiger partial charge in [0, 0.05) is 0 Å². The van der Waals surface area contributed by atoms with Gasteiger partial charge in [-0.3, -0.25) is 0 Å². The highest BCUT2D eigenvalue weighted by Crippen LogP contribution is 2.67. The van der Waals surface area contributed by atoms with Crippen molar-refractivity contribution < 1.29 is 5.11 Å². The number of allylic oxidation sites excluding steroid dienone is 3. The molecule has 140 valence electrons. The summed E-state index contributed by atoms with van der Waals surface area (Å²) >= 11 is 0. The predicted octanol–water partition coefficient (Wildman–Crippen LogP) is 6.28. The minimum absolute atomic E-state index is 0.0865. The molecule has 0 heterocycles. The van der Waals surface area contributed by atoms with Gasteiger partial charge >= 0.3 is 0 Å². The van der Waals surface area contributed by atoms with E-state index in [0.717, 1.165) is 36.5 Å². The number of hydrogen-bond donors (Lipinski definition) is 1. The zero-order valence-corrected chi connectivity index (χ0v) is 17.1. The van der Waals surface area contributed by atoms with E-state index in [4.69, 9.17) is 0 Å². The van der Waals surface area contributed by atoms with E-state index in [1.165, 1.54) is 38.5 Å². The molecule has 4 aliphatic rings. The van der Waals surface area contributed by atoms with Crippen LogP contribution in [0.4, 0.5) is 0 Å². The first-order valence-electron chi connectivity index (χ1n) is 10.8. The second-order valence-corrected chi connectivity index (χ2v) is 10.4. The van der Waals surface area contributed by atoms with Crippen molar-refractivity contribution in [3.8, 4) is 0 Å². The van der Waals surface area contributed by atoms with Crippen molar-refractivity contribution in [2.45, 2.75) is 92.1 Å². The summed E-state index contributed by atoms with van der Waals surface area (Å²) in [6.07, 6.45) is 12.4. The van der Waals surface area contributed by atoms with Crippen LogP contribution in [-0.2, 0) is 0 Å². The maximum absolute atomic E-state index is 10.3. The SMILES string of the molecule is C/C=C(\C)C1CCC2C3CC(C)=C4CC(O)CCC4(C)C3CCC12C. The molecule has 0 aromatic rings. The van der Waals surface area contributed by atoms with Gasteiger partial charge in [-0.05, 0) is 107 Å². The molecule has 4 aliphatic carbocycles. The lowest BCUT2D eigenvalue weighted by molar-refractivity contribution is -0.0480. The topological polar surface area (TPSA) is 20.2 Å². The van der Waals surface area contributed by atoms with Gasteiger partial charge in [-0.15, -0.1) is 0 Å². The zero-order valence-electron chi connectivity index (χ0n) is 17.1. The molecule has 1 N–H and O–H groups in total. The summed E-state index contributed by atoms with van der Waals surface area (Å²) in [6, 6.07) is 0. The quantitative estimate of drug-likeness (QED) is 0.556. The summed E-state index contributed by atoms with van der Waals surface area (Å²) < 4.78 is 0. The predicted molar refractivity (Wildman–Crippen MR) is 105 cm³/mol. The Morgan fingerprint density at radius 1 is 1.04 bits per heavy atom. The van der Waals surface area contributed by atoms with Crippen molar-refractivity contribution in [3.05, 3.63) is 22.8 Å². The van der Waals surface area contributed by atoms with Crippen LogP contribution in [0, 0.1) is 34.5 Å². The van der Waals surface area contributed by atoms with Crippen LogP contribution in [0.25, 0.3) is 0 Å². The minimum atomic E-state index is -0.0865. The highest BCUT2D eigenvalue weighted by atomic mass is 16.3. The van der Waals surface area contributed by atoms with Crippen LogP contribution in [0.15, 0.2) is 22.8 Å². The number of aliphatic hydroxyl groups excluding tert-OH is 1. The molecule has 3 fully saturated rings. The van der Waals surface area contributed by atoms with Gasteiger partial charge in [0.1, 0.15) is 0 Å². The maximum Gasteiger partial charge on any atom is 0.0577 e. The van der Waals surface area contributed by atoms with Gasteiger partial charge in [0.15, 0.2) is 0 Å². The molecule has 0 radical (unpaired) electrons. The number of hydrogen-bond acceptors (Lipinski definition) is 1. The van der Waals surface area contributed by atoms with E-state index < -0.39 is 0 Å². The smallest absolute Gasteiger partial charge is 0.0577 e. The Hall–Kier alpha value is -0.560. The third kappa shape index (κ3) is 2.44. The van der Waals surface area contributed by atoms with Crippen LogP contribution in [0.1, 0.15) is 86.0 Å². The van der Waals surface area contributed by atoms with Crippen molar-refractivity contribution in [1.29, 1.82) is 0 Å². The lowest BCUT2D eigenvalue weighted by Crippen LogP contribution is -2.51. The van der Waals surface area contributed by atoms with Gasteiger partial charge in [-0.25, -0.2) is 0 Å². The van der Waals surface area contributed by atoms with Gasteiger partial charge < -0.3 is 5.11 Å². The van der Waals surface area contributed by atoms with Crippen LogP contribution < -0.4 is 0 Å². The fraction of sp³-hybridized carbons (Fsp3) is 0.833. The fourth-order valence-corrected chi connectivity index (χ4v) is 8.05. The summed E-state index contributed by atoms with van der Waals surface area (Å²) in [5.74, 6) is 3.47. The highest BCUT2D eigenvalue weighted by molar-refractivity contribution is 5.31. The second-order valence-electron chi connectivity index (χ2n) is 10.4. The lowest BCUT2D eigenvalue weighted by atomic mass is 9.46. The molecule has 0 aromatic heterocycles. The van der Waals surface area contributed by atoms with E-state index in [2.05, 4.69) is 40.7 Å². The maximum atomic E-state index is 10.3. The standard InChI is InChI=1S/C24H38O/c1-6-15(2)19-7-8-20-18-13-16(3)22-14-17(25)9-11-24(22,5)21(18)10-12-23(19,20)4/h6,17-21,25H,7-14H2,1-5H3/b15-6+. The van der Waals surface area contributed by atoms with Crippen LogP contribution >= 0.6 is 0 Å². The largest absolute Gasteiger partial charge is 0.393 e. The monoisotopic (exact) mass is 342 g/mol. The van der Waals surface area contributed by atoms with E-state index in [9.17, 15) is 5.11 Å². The molecule has 4 rings (SSSR count). The Morgan fingerprint density at radius 3 is 2.52 bits per heavy atom. The molecule has 0 saturated heterocycles. The number of fused-ring (bicyclic) bond motifs is 5. The molecule has 0 amide bonds. The lowest BCUT2D eigenvalue weighted by Gasteiger charge is -2.59. The Morgan fingerprint density at radius 2 is 1.80 bits per heavy atom. The van der Waals surface area contributed by atoms with Crippen molar-refractivity contribution in [2.75, 3.05) is 0 Å². The Kier molecular flexibility index (Phi) is 4.26.